The number of hydrogen-bond donors (Lipinski definition) is 2. The number of nitrogens with one attached hydrogen (secondary N) is 2. The Labute approximate surface area is 133 Å². The molecule has 0 aliphatic carbocycles. The van der Waals surface area contributed by atoms with Crippen molar-refractivity contribution in [2.45, 2.75) is 70.5 Å². The molecule has 122 valence electrons. The van der Waals surface area contributed by atoms with Gasteiger partial charge in [0.2, 0.25) is 11.8 Å². The van der Waals surface area contributed by atoms with E-state index in [4.69, 9.17) is 0 Å². The molecule has 0 spiro atoms. The number of amides is 2. The van der Waals surface area contributed by atoms with Crippen LogP contribution in [0.15, 0.2) is 0 Å². The maximum Gasteiger partial charge on any atom is 0.223 e. The van der Waals surface area contributed by atoms with E-state index >= 15 is 0 Å². The van der Waals surface area contributed by atoms with Gasteiger partial charge >= 0.3 is 0 Å². The average molecular weight is 318 g/mol. The average Bonchev–Trinajstić information content (AvgIpc) is 2.77. The number of nitrogens with zero attached hydrogens (tertiary/aromatic N) is 1. The molecule has 2 atom stereocenters. The number of piperidine rings is 1. The van der Waals surface area contributed by atoms with Gasteiger partial charge in [-0.25, -0.2) is 0 Å². The molecule has 2 aliphatic heterocycles. The van der Waals surface area contributed by atoms with Crippen LogP contribution in [0.1, 0.15) is 52.4 Å². The first kappa shape index (κ1) is 18.2. The molecule has 2 N–H and O–H groups in total. The third kappa shape index (κ3) is 5.15. The first-order valence-electron chi connectivity index (χ1n) is 7.95. The van der Waals surface area contributed by atoms with Crippen LogP contribution in [0.3, 0.4) is 0 Å². The fourth-order valence-electron chi connectivity index (χ4n) is 3.43. The number of halogens is 1. The molecule has 0 aromatic rings. The van der Waals surface area contributed by atoms with Crippen molar-refractivity contribution >= 4 is 24.2 Å². The summed E-state index contributed by atoms with van der Waals surface area (Å²) in [6, 6.07) is 1.46. The van der Waals surface area contributed by atoms with Crippen molar-refractivity contribution in [2.24, 2.45) is 0 Å². The Balaban J connectivity index is 0.00000220. The summed E-state index contributed by atoms with van der Waals surface area (Å²) < 4.78 is 0. The summed E-state index contributed by atoms with van der Waals surface area (Å²) in [5.74, 6) is 0.104. The monoisotopic (exact) mass is 317 g/mol. The summed E-state index contributed by atoms with van der Waals surface area (Å²) in [6.45, 7) is 5.36. The zero-order chi connectivity index (χ0) is 14.5. The predicted molar refractivity (Wildman–Crippen MR) is 85.5 cm³/mol. The largest absolute Gasteiger partial charge is 0.353 e. The summed E-state index contributed by atoms with van der Waals surface area (Å²) in [5, 5.41) is 6.66. The zero-order valence-corrected chi connectivity index (χ0v) is 13.9. The van der Waals surface area contributed by atoms with E-state index in [0.717, 1.165) is 12.8 Å². The van der Waals surface area contributed by atoms with Crippen molar-refractivity contribution in [1.82, 2.24) is 15.5 Å². The third-order valence-corrected chi connectivity index (χ3v) is 4.52. The van der Waals surface area contributed by atoms with Crippen LogP contribution in [0.5, 0.6) is 0 Å². The lowest BCUT2D eigenvalue weighted by Gasteiger charge is -2.29. The Bertz CT molecular complexity index is 349. The maximum absolute atomic E-state index is 11.9. The van der Waals surface area contributed by atoms with Gasteiger partial charge in [-0.15, -0.1) is 12.4 Å². The second-order valence-electron chi connectivity index (χ2n) is 5.94. The first-order chi connectivity index (χ1) is 9.62. The van der Waals surface area contributed by atoms with Gasteiger partial charge in [-0.1, -0.05) is 0 Å². The lowest BCUT2D eigenvalue weighted by Crippen LogP contribution is -2.48. The van der Waals surface area contributed by atoms with Crippen LogP contribution in [0.25, 0.3) is 0 Å². The van der Waals surface area contributed by atoms with Crippen molar-refractivity contribution in [3.05, 3.63) is 0 Å². The maximum atomic E-state index is 11.9. The highest BCUT2D eigenvalue weighted by Gasteiger charge is 2.33. The van der Waals surface area contributed by atoms with Crippen LogP contribution in [0, 0.1) is 0 Å². The molecule has 0 radical (unpaired) electrons. The Morgan fingerprint density at radius 2 is 1.67 bits per heavy atom. The zero-order valence-electron chi connectivity index (χ0n) is 13.1. The third-order valence-electron chi connectivity index (χ3n) is 4.52. The molecule has 2 fully saturated rings. The van der Waals surface area contributed by atoms with Gasteiger partial charge in [0.05, 0.1) is 0 Å². The number of carbonyl (C=O) groups is 2. The summed E-state index contributed by atoms with van der Waals surface area (Å²) in [5.41, 5.74) is 0. The number of fused-ring (bicyclic) bond motifs is 2. The Hall–Kier alpha value is -0.810. The van der Waals surface area contributed by atoms with Crippen molar-refractivity contribution in [3.63, 3.8) is 0 Å². The van der Waals surface area contributed by atoms with Gasteiger partial charge in [-0.2, -0.15) is 0 Å². The molecule has 21 heavy (non-hydrogen) atoms. The van der Waals surface area contributed by atoms with E-state index in [1.165, 1.54) is 12.8 Å². The molecule has 0 saturated carbocycles. The SMILES string of the molecule is CCN(CC)C(=O)CCC(=O)NC1CC2CCC(C1)N2.Cl. The summed E-state index contributed by atoms with van der Waals surface area (Å²) in [7, 11) is 0. The normalized spacial score (nSPS) is 26.9. The van der Waals surface area contributed by atoms with Gasteiger partial charge in [-0.05, 0) is 39.5 Å². The van der Waals surface area contributed by atoms with E-state index in [2.05, 4.69) is 10.6 Å². The highest BCUT2D eigenvalue weighted by Crippen LogP contribution is 2.26. The van der Waals surface area contributed by atoms with E-state index in [0.29, 0.717) is 44.1 Å². The topological polar surface area (TPSA) is 61.4 Å². The minimum absolute atomic E-state index is 0. The second-order valence-corrected chi connectivity index (χ2v) is 5.94. The van der Waals surface area contributed by atoms with E-state index in [-0.39, 0.29) is 24.2 Å². The minimum atomic E-state index is 0. The molecular formula is C15H28ClN3O2. The van der Waals surface area contributed by atoms with Gasteiger partial charge < -0.3 is 15.5 Å². The smallest absolute Gasteiger partial charge is 0.223 e. The predicted octanol–water partition coefficient (Wildman–Crippen LogP) is 1.46. The first-order valence-corrected chi connectivity index (χ1v) is 7.95. The quantitative estimate of drug-likeness (QED) is 0.779. The second kappa shape index (κ2) is 8.59. The summed E-state index contributed by atoms with van der Waals surface area (Å²) >= 11 is 0. The van der Waals surface area contributed by atoms with Crippen molar-refractivity contribution in [1.29, 1.82) is 0 Å². The summed E-state index contributed by atoms with van der Waals surface area (Å²) in [4.78, 5) is 25.6. The molecule has 2 rings (SSSR count). The van der Waals surface area contributed by atoms with Crippen molar-refractivity contribution in [3.8, 4) is 0 Å². The van der Waals surface area contributed by atoms with Crippen LogP contribution in [0.4, 0.5) is 0 Å². The molecule has 2 heterocycles. The molecule has 2 aliphatic rings. The van der Waals surface area contributed by atoms with E-state index in [1.807, 2.05) is 13.8 Å². The van der Waals surface area contributed by atoms with Crippen molar-refractivity contribution in [2.75, 3.05) is 13.1 Å². The lowest BCUT2D eigenvalue weighted by atomic mass is 9.99. The molecular weight excluding hydrogens is 290 g/mol. The Kier molecular flexibility index (Phi) is 7.46. The van der Waals surface area contributed by atoms with Crippen LogP contribution >= 0.6 is 12.4 Å². The van der Waals surface area contributed by atoms with Crippen LogP contribution in [-0.4, -0.2) is 47.9 Å². The van der Waals surface area contributed by atoms with Gasteiger partial charge in [0.1, 0.15) is 0 Å². The summed E-state index contributed by atoms with van der Waals surface area (Å²) in [6.07, 6.45) is 5.17. The van der Waals surface area contributed by atoms with Crippen LogP contribution in [0.2, 0.25) is 0 Å². The van der Waals surface area contributed by atoms with E-state index < -0.39 is 0 Å². The Morgan fingerprint density at radius 1 is 1.10 bits per heavy atom. The molecule has 0 aromatic carbocycles. The minimum Gasteiger partial charge on any atom is -0.353 e. The highest BCUT2D eigenvalue weighted by atomic mass is 35.5. The van der Waals surface area contributed by atoms with E-state index in [9.17, 15) is 9.59 Å². The Morgan fingerprint density at radius 3 is 2.19 bits per heavy atom. The van der Waals surface area contributed by atoms with Crippen LogP contribution in [-0.2, 0) is 9.59 Å². The van der Waals surface area contributed by atoms with Crippen LogP contribution < -0.4 is 10.6 Å². The standard InChI is InChI=1S/C15H27N3O2.ClH/c1-3-18(4-2)15(20)8-7-14(19)17-13-9-11-5-6-12(10-13)16-11;/h11-13,16H,3-10H2,1-2H3,(H,17,19);1H. The van der Waals surface area contributed by atoms with Crippen molar-refractivity contribution < 1.29 is 9.59 Å². The highest BCUT2D eigenvalue weighted by molar-refractivity contribution is 5.85. The molecule has 2 bridgehead atoms. The van der Waals surface area contributed by atoms with Gasteiger partial charge in [0.15, 0.2) is 0 Å². The van der Waals surface area contributed by atoms with Gasteiger partial charge in [-0.3, -0.25) is 9.59 Å². The number of carbonyl (C=O) groups excluding carboxylic acids is 2. The number of hydrogen-bond acceptors (Lipinski definition) is 3. The fraction of sp³-hybridized carbons (Fsp3) is 0.867. The molecule has 0 aromatic heterocycles. The molecule has 6 heteroatoms. The van der Waals surface area contributed by atoms with Gasteiger partial charge in [0, 0.05) is 44.1 Å². The number of rotatable bonds is 6. The lowest BCUT2D eigenvalue weighted by molar-refractivity contribution is -0.133. The van der Waals surface area contributed by atoms with E-state index in [1.54, 1.807) is 4.90 Å². The molecule has 2 amide bonds. The fourth-order valence-corrected chi connectivity index (χ4v) is 3.43. The molecule has 5 nitrogen and oxygen atoms in total. The van der Waals surface area contributed by atoms with Gasteiger partial charge in [0.25, 0.3) is 0 Å². The molecule has 2 saturated heterocycles. The molecule has 2 unspecified atom stereocenters.